The molecule has 0 bridgehead atoms. The Morgan fingerprint density at radius 3 is 2.44 bits per heavy atom. The number of carbonyl (C=O) groups is 1. The molecule has 0 aliphatic carbocycles. The molecule has 0 spiro atoms. The Morgan fingerprint density at radius 1 is 1.16 bits per heavy atom. The van der Waals surface area contributed by atoms with Crippen molar-refractivity contribution >= 4 is 11.9 Å². The number of benzene rings is 2. The SMILES string of the molecule is CC[C@@H](C(=O)n1nc(-c2ccc(OC)cc2)nc1N)c1ccccc1. The van der Waals surface area contributed by atoms with Gasteiger partial charge < -0.3 is 10.5 Å². The van der Waals surface area contributed by atoms with Crippen LogP contribution in [0.5, 0.6) is 5.75 Å². The maximum Gasteiger partial charge on any atom is 0.257 e. The van der Waals surface area contributed by atoms with Crippen LogP contribution in [0, 0.1) is 0 Å². The number of nitrogen functional groups attached to an aromatic ring is 1. The average Bonchev–Trinajstić information content (AvgIpc) is 3.05. The summed E-state index contributed by atoms with van der Waals surface area (Å²) in [5.41, 5.74) is 7.66. The minimum absolute atomic E-state index is 0.0881. The van der Waals surface area contributed by atoms with E-state index >= 15 is 0 Å². The molecule has 3 aromatic rings. The van der Waals surface area contributed by atoms with Crippen LogP contribution in [0.3, 0.4) is 0 Å². The van der Waals surface area contributed by atoms with Crippen molar-refractivity contribution in [2.24, 2.45) is 0 Å². The molecule has 0 saturated heterocycles. The van der Waals surface area contributed by atoms with Gasteiger partial charge in [0.1, 0.15) is 5.75 Å². The van der Waals surface area contributed by atoms with Crippen LogP contribution >= 0.6 is 0 Å². The third-order valence-corrected chi connectivity index (χ3v) is 4.10. The highest BCUT2D eigenvalue weighted by Gasteiger charge is 2.24. The van der Waals surface area contributed by atoms with Gasteiger partial charge in [0, 0.05) is 5.56 Å². The number of ether oxygens (including phenoxy) is 1. The van der Waals surface area contributed by atoms with Gasteiger partial charge in [0.05, 0.1) is 13.0 Å². The molecule has 6 heteroatoms. The second-order valence-electron chi connectivity index (χ2n) is 5.64. The lowest BCUT2D eigenvalue weighted by Crippen LogP contribution is -2.22. The molecule has 0 amide bonds. The van der Waals surface area contributed by atoms with Gasteiger partial charge in [-0.1, -0.05) is 37.3 Å². The molecule has 128 valence electrons. The Bertz CT molecular complexity index is 857. The maximum atomic E-state index is 12.9. The van der Waals surface area contributed by atoms with Crippen LogP contribution in [-0.2, 0) is 0 Å². The van der Waals surface area contributed by atoms with Gasteiger partial charge in [-0.05, 0) is 36.2 Å². The van der Waals surface area contributed by atoms with Gasteiger partial charge in [-0.3, -0.25) is 4.79 Å². The fourth-order valence-corrected chi connectivity index (χ4v) is 2.73. The predicted molar refractivity (Wildman–Crippen MR) is 96.5 cm³/mol. The van der Waals surface area contributed by atoms with Crippen LogP contribution in [0.2, 0.25) is 0 Å². The van der Waals surface area contributed by atoms with Gasteiger partial charge >= 0.3 is 0 Å². The molecular formula is C19H20N4O2. The number of hydrogen-bond acceptors (Lipinski definition) is 5. The normalized spacial score (nSPS) is 11.9. The summed E-state index contributed by atoms with van der Waals surface area (Å²) in [7, 11) is 1.60. The number of anilines is 1. The quantitative estimate of drug-likeness (QED) is 0.772. The fourth-order valence-electron chi connectivity index (χ4n) is 2.73. The van der Waals surface area contributed by atoms with Crippen molar-refractivity contribution in [3.8, 4) is 17.1 Å². The van der Waals surface area contributed by atoms with Crippen molar-refractivity contribution in [3.05, 3.63) is 60.2 Å². The fraction of sp³-hybridized carbons (Fsp3) is 0.211. The van der Waals surface area contributed by atoms with Crippen LogP contribution in [0.25, 0.3) is 11.4 Å². The first-order valence-corrected chi connectivity index (χ1v) is 8.10. The Kier molecular flexibility index (Phi) is 4.79. The molecule has 1 heterocycles. The average molecular weight is 336 g/mol. The number of nitrogens with two attached hydrogens (primary N) is 1. The van der Waals surface area contributed by atoms with E-state index in [2.05, 4.69) is 10.1 Å². The molecule has 0 aliphatic rings. The molecule has 0 fully saturated rings. The topological polar surface area (TPSA) is 83.0 Å². The first-order valence-electron chi connectivity index (χ1n) is 8.10. The van der Waals surface area contributed by atoms with E-state index in [1.54, 1.807) is 7.11 Å². The number of carbonyl (C=O) groups excluding carboxylic acids is 1. The Balaban J connectivity index is 1.92. The third kappa shape index (κ3) is 3.38. The van der Waals surface area contributed by atoms with E-state index in [9.17, 15) is 4.79 Å². The monoisotopic (exact) mass is 336 g/mol. The zero-order chi connectivity index (χ0) is 17.8. The van der Waals surface area contributed by atoms with Crippen LogP contribution in [0.4, 0.5) is 5.95 Å². The second-order valence-corrected chi connectivity index (χ2v) is 5.64. The third-order valence-electron chi connectivity index (χ3n) is 4.10. The summed E-state index contributed by atoms with van der Waals surface area (Å²) in [4.78, 5) is 17.1. The zero-order valence-corrected chi connectivity index (χ0v) is 14.2. The van der Waals surface area contributed by atoms with E-state index in [-0.39, 0.29) is 17.8 Å². The predicted octanol–water partition coefficient (Wildman–Crippen LogP) is 3.37. The van der Waals surface area contributed by atoms with Crippen LogP contribution < -0.4 is 10.5 Å². The first kappa shape index (κ1) is 16.7. The summed E-state index contributed by atoms with van der Waals surface area (Å²) in [5, 5.41) is 4.32. The molecule has 6 nitrogen and oxygen atoms in total. The number of hydrogen-bond donors (Lipinski definition) is 1. The molecule has 0 saturated carbocycles. The van der Waals surface area contributed by atoms with Gasteiger partial charge in [0.2, 0.25) is 5.95 Å². The Labute approximate surface area is 146 Å². The highest BCUT2D eigenvalue weighted by Crippen LogP contribution is 2.24. The van der Waals surface area contributed by atoms with Crippen molar-refractivity contribution in [2.75, 3.05) is 12.8 Å². The summed E-state index contributed by atoms with van der Waals surface area (Å²) in [6.45, 7) is 1.97. The maximum absolute atomic E-state index is 12.9. The molecule has 1 aromatic heterocycles. The molecule has 0 radical (unpaired) electrons. The van der Waals surface area contributed by atoms with Crippen LogP contribution in [-0.4, -0.2) is 27.8 Å². The van der Waals surface area contributed by atoms with Crippen molar-refractivity contribution in [1.29, 1.82) is 0 Å². The van der Waals surface area contributed by atoms with E-state index in [0.717, 1.165) is 16.9 Å². The van der Waals surface area contributed by atoms with Gasteiger partial charge in [-0.2, -0.15) is 9.67 Å². The minimum Gasteiger partial charge on any atom is -0.497 e. The molecule has 1 atom stereocenters. The molecule has 0 unspecified atom stereocenters. The Morgan fingerprint density at radius 2 is 1.84 bits per heavy atom. The van der Waals surface area contributed by atoms with Gasteiger partial charge in [0.25, 0.3) is 5.91 Å². The standard InChI is InChI=1S/C19H20N4O2/c1-3-16(13-7-5-4-6-8-13)18(24)23-19(20)21-17(22-23)14-9-11-15(25-2)12-10-14/h4-12,16H,3H2,1-2H3,(H2,20,21,22)/t16-/m1/s1. The lowest BCUT2D eigenvalue weighted by molar-refractivity contribution is 0.0862. The van der Waals surface area contributed by atoms with Gasteiger partial charge in [-0.15, -0.1) is 5.10 Å². The summed E-state index contributed by atoms with van der Waals surface area (Å²) in [5.74, 6) is 0.747. The summed E-state index contributed by atoms with van der Waals surface area (Å²) in [6.07, 6.45) is 0.653. The minimum atomic E-state index is -0.311. The molecule has 2 aromatic carbocycles. The second kappa shape index (κ2) is 7.17. The molecule has 25 heavy (non-hydrogen) atoms. The molecule has 3 rings (SSSR count). The zero-order valence-electron chi connectivity index (χ0n) is 14.2. The lowest BCUT2D eigenvalue weighted by Gasteiger charge is -2.13. The number of methoxy groups -OCH3 is 1. The highest BCUT2D eigenvalue weighted by molar-refractivity contribution is 5.87. The lowest BCUT2D eigenvalue weighted by atomic mass is 9.96. The summed E-state index contributed by atoms with van der Waals surface area (Å²) >= 11 is 0. The van der Waals surface area contributed by atoms with Crippen molar-refractivity contribution in [1.82, 2.24) is 14.8 Å². The van der Waals surface area contributed by atoms with Crippen molar-refractivity contribution in [2.45, 2.75) is 19.3 Å². The highest BCUT2D eigenvalue weighted by atomic mass is 16.5. The van der Waals surface area contributed by atoms with Gasteiger partial charge in [0.15, 0.2) is 5.82 Å². The van der Waals surface area contributed by atoms with Crippen LogP contribution in [0.15, 0.2) is 54.6 Å². The largest absolute Gasteiger partial charge is 0.497 e. The number of aromatic nitrogens is 3. The van der Waals surface area contributed by atoms with Crippen molar-refractivity contribution in [3.63, 3.8) is 0 Å². The summed E-state index contributed by atoms with van der Waals surface area (Å²) in [6, 6.07) is 16.9. The van der Waals surface area contributed by atoms with E-state index < -0.39 is 0 Å². The van der Waals surface area contributed by atoms with E-state index in [4.69, 9.17) is 10.5 Å². The first-order chi connectivity index (χ1) is 12.1. The Hall–Kier alpha value is -3.15. The van der Waals surface area contributed by atoms with E-state index in [1.807, 2.05) is 61.5 Å². The van der Waals surface area contributed by atoms with Gasteiger partial charge in [-0.25, -0.2) is 0 Å². The van der Waals surface area contributed by atoms with Crippen molar-refractivity contribution < 1.29 is 9.53 Å². The van der Waals surface area contributed by atoms with E-state index in [1.165, 1.54) is 4.68 Å². The number of nitrogens with zero attached hydrogens (tertiary/aromatic N) is 3. The van der Waals surface area contributed by atoms with E-state index in [0.29, 0.717) is 12.2 Å². The summed E-state index contributed by atoms with van der Waals surface area (Å²) < 4.78 is 6.34. The molecule has 2 N–H and O–H groups in total. The number of rotatable bonds is 5. The molecular weight excluding hydrogens is 316 g/mol. The van der Waals surface area contributed by atoms with Crippen LogP contribution in [0.1, 0.15) is 29.6 Å². The smallest absolute Gasteiger partial charge is 0.257 e. The molecule has 0 aliphatic heterocycles.